The minimum absolute atomic E-state index is 0.0978. The number of benzene rings is 1. The van der Waals surface area contributed by atoms with Crippen LogP contribution in [0, 0.1) is 24.7 Å². The highest BCUT2D eigenvalue weighted by molar-refractivity contribution is 5.91. The van der Waals surface area contributed by atoms with Crippen molar-refractivity contribution in [2.45, 2.75) is 61.8 Å². The van der Waals surface area contributed by atoms with Gasteiger partial charge in [-0.15, -0.1) is 0 Å². The first-order valence-electron chi connectivity index (χ1n) is 7.87. The van der Waals surface area contributed by atoms with Gasteiger partial charge < -0.3 is 5.11 Å². The Bertz CT molecular complexity index is 570. The van der Waals surface area contributed by atoms with E-state index >= 15 is 0 Å². The molecule has 0 aliphatic carbocycles. The summed E-state index contributed by atoms with van der Waals surface area (Å²) in [4.78, 5) is 11.3. The molecule has 0 heterocycles. The second-order valence-electron chi connectivity index (χ2n) is 8.49. The van der Waals surface area contributed by atoms with Crippen LogP contribution in [0.1, 0.15) is 75.0 Å². The molecule has 0 unspecified atom stereocenters. The molecule has 0 spiro atoms. The Morgan fingerprint density at radius 1 is 1.05 bits per heavy atom. The normalized spacial score (nSPS) is 13.4. The molecule has 0 atom stereocenters. The van der Waals surface area contributed by atoms with Crippen LogP contribution in [0.3, 0.4) is 0 Å². The van der Waals surface area contributed by atoms with Gasteiger partial charge in [-0.3, -0.25) is 0 Å². The van der Waals surface area contributed by atoms with Gasteiger partial charge in [-0.25, -0.2) is 4.79 Å². The van der Waals surface area contributed by atoms with Gasteiger partial charge in [-0.05, 0) is 47.8 Å². The minimum atomic E-state index is -0.851. The molecule has 122 valence electrons. The van der Waals surface area contributed by atoms with Crippen LogP contribution in [0.2, 0.25) is 0 Å². The summed E-state index contributed by atoms with van der Waals surface area (Å²) in [5.41, 5.74) is 4.87. The predicted octanol–water partition coefficient (Wildman–Crippen LogP) is 5.87. The number of carbonyl (C=O) groups is 1. The van der Waals surface area contributed by atoms with E-state index in [1.54, 1.807) is 0 Å². The van der Waals surface area contributed by atoms with Gasteiger partial charge in [0.1, 0.15) is 0 Å². The van der Waals surface area contributed by atoms with Crippen LogP contribution in [-0.4, -0.2) is 11.1 Å². The average molecular weight is 302 g/mol. The first kappa shape index (κ1) is 18.5. The largest absolute Gasteiger partial charge is 0.478 e. The number of carboxylic acids is 1. The molecule has 0 saturated carbocycles. The van der Waals surface area contributed by atoms with Gasteiger partial charge in [0.25, 0.3) is 0 Å². The van der Waals surface area contributed by atoms with E-state index in [1.807, 2.05) is 26.0 Å². The van der Waals surface area contributed by atoms with Gasteiger partial charge in [-0.1, -0.05) is 65.3 Å². The lowest BCUT2D eigenvalue weighted by Gasteiger charge is -2.29. The fraction of sp³-hybridized carbons (Fsp3) is 0.550. The van der Waals surface area contributed by atoms with Gasteiger partial charge in [0.05, 0.1) is 5.56 Å². The summed E-state index contributed by atoms with van der Waals surface area (Å²) in [6, 6.07) is 3.95. The molecule has 22 heavy (non-hydrogen) atoms. The molecule has 0 aliphatic rings. The number of allylic oxidation sites excluding steroid dienone is 1. The number of hydrogen-bond donors (Lipinski definition) is 1. The van der Waals surface area contributed by atoms with E-state index in [-0.39, 0.29) is 10.8 Å². The summed E-state index contributed by atoms with van der Waals surface area (Å²) in [5, 5.41) is 9.29. The number of carboxylic acid groups (broad SMARTS) is 1. The van der Waals surface area contributed by atoms with E-state index in [9.17, 15) is 9.90 Å². The van der Waals surface area contributed by atoms with Crippen LogP contribution in [0.5, 0.6) is 0 Å². The average Bonchev–Trinajstić information content (AvgIpc) is 2.22. The fourth-order valence-corrected chi connectivity index (χ4v) is 2.72. The number of aromatic carboxylic acids is 1. The molecular weight excluding hydrogens is 272 g/mol. The Balaban J connectivity index is 3.36. The van der Waals surface area contributed by atoms with Gasteiger partial charge in [-0.2, -0.15) is 0 Å². The molecule has 0 fully saturated rings. The lowest BCUT2D eigenvalue weighted by Crippen LogP contribution is -2.16. The standard InChI is InChI=1S/C20H30O2/c1-13-9-15(10-14(2)17(13)18(21)22)11-16(20(6,7)8)12-19(3,4)5/h9-11H,12H2,1-8H3,(H,21,22). The third kappa shape index (κ3) is 5.01. The number of rotatable bonds is 3. The predicted molar refractivity (Wildman–Crippen MR) is 94.4 cm³/mol. The zero-order chi connectivity index (χ0) is 17.3. The van der Waals surface area contributed by atoms with Crippen molar-refractivity contribution in [2.24, 2.45) is 10.8 Å². The molecular formula is C20H30O2. The molecule has 1 N–H and O–H groups in total. The summed E-state index contributed by atoms with van der Waals surface area (Å²) >= 11 is 0. The van der Waals surface area contributed by atoms with Crippen molar-refractivity contribution < 1.29 is 9.90 Å². The van der Waals surface area contributed by atoms with Gasteiger partial charge >= 0.3 is 5.97 Å². The third-order valence-corrected chi connectivity index (χ3v) is 3.79. The molecule has 0 bridgehead atoms. The Hall–Kier alpha value is -1.57. The molecule has 0 aliphatic heterocycles. The molecule has 0 saturated heterocycles. The maximum Gasteiger partial charge on any atom is 0.336 e. The summed E-state index contributed by atoms with van der Waals surface area (Å²) in [5.74, 6) is -0.851. The topological polar surface area (TPSA) is 37.3 Å². The summed E-state index contributed by atoms with van der Waals surface area (Å²) in [6.07, 6.45) is 3.26. The fourth-order valence-electron chi connectivity index (χ4n) is 2.72. The van der Waals surface area contributed by atoms with E-state index in [4.69, 9.17) is 0 Å². The van der Waals surface area contributed by atoms with Crippen molar-refractivity contribution >= 4 is 12.0 Å². The summed E-state index contributed by atoms with van der Waals surface area (Å²) < 4.78 is 0. The van der Waals surface area contributed by atoms with E-state index in [0.717, 1.165) is 23.1 Å². The maximum atomic E-state index is 11.3. The van der Waals surface area contributed by atoms with Crippen molar-refractivity contribution in [3.63, 3.8) is 0 Å². The molecule has 2 nitrogen and oxygen atoms in total. The summed E-state index contributed by atoms with van der Waals surface area (Å²) in [6.45, 7) is 17.2. The first-order chi connectivity index (χ1) is 9.81. The lowest BCUT2D eigenvalue weighted by molar-refractivity contribution is 0.0695. The Morgan fingerprint density at radius 3 is 1.82 bits per heavy atom. The third-order valence-electron chi connectivity index (χ3n) is 3.79. The quantitative estimate of drug-likeness (QED) is 0.758. The lowest BCUT2D eigenvalue weighted by atomic mass is 9.76. The van der Waals surface area contributed by atoms with E-state index in [0.29, 0.717) is 5.56 Å². The van der Waals surface area contributed by atoms with Gasteiger partial charge in [0.15, 0.2) is 0 Å². The monoisotopic (exact) mass is 302 g/mol. The minimum Gasteiger partial charge on any atom is -0.478 e. The highest BCUT2D eigenvalue weighted by atomic mass is 16.4. The highest BCUT2D eigenvalue weighted by Crippen LogP contribution is 2.37. The van der Waals surface area contributed by atoms with E-state index in [2.05, 4.69) is 47.6 Å². The molecule has 0 radical (unpaired) electrons. The zero-order valence-corrected chi connectivity index (χ0v) is 15.3. The second-order valence-corrected chi connectivity index (χ2v) is 8.49. The number of aryl methyl sites for hydroxylation is 2. The van der Waals surface area contributed by atoms with Crippen molar-refractivity contribution in [3.8, 4) is 0 Å². The van der Waals surface area contributed by atoms with Crippen LogP contribution in [0.25, 0.3) is 6.08 Å². The van der Waals surface area contributed by atoms with Crippen LogP contribution in [-0.2, 0) is 0 Å². The molecule has 2 heteroatoms. The molecule has 1 aromatic rings. The molecule has 0 amide bonds. The van der Waals surface area contributed by atoms with E-state index < -0.39 is 5.97 Å². The van der Waals surface area contributed by atoms with Crippen molar-refractivity contribution in [3.05, 3.63) is 40.0 Å². The Labute approximate surface area is 135 Å². The Morgan fingerprint density at radius 2 is 1.50 bits per heavy atom. The van der Waals surface area contributed by atoms with Crippen LogP contribution in [0.4, 0.5) is 0 Å². The van der Waals surface area contributed by atoms with Crippen LogP contribution >= 0.6 is 0 Å². The van der Waals surface area contributed by atoms with Gasteiger partial charge in [0.2, 0.25) is 0 Å². The van der Waals surface area contributed by atoms with Crippen molar-refractivity contribution in [2.75, 3.05) is 0 Å². The number of hydrogen-bond acceptors (Lipinski definition) is 1. The van der Waals surface area contributed by atoms with Crippen LogP contribution < -0.4 is 0 Å². The SMILES string of the molecule is Cc1cc(C=C(CC(C)(C)C)C(C)(C)C)cc(C)c1C(=O)O. The molecule has 0 aromatic heterocycles. The Kier molecular flexibility index (Phi) is 5.27. The van der Waals surface area contributed by atoms with Crippen LogP contribution in [0.15, 0.2) is 17.7 Å². The zero-order valence-electron chi connectivity index (χ0n) is 15.3. The smallest absolute Gasteiger partial charge is 0.336 e. The van der Waals surface area contributed by atoms with Crippen molar-refractivity contribution in [1.82, 2.24) is 0 Å². The van der Waals surface area contributed by atoms with Crippen molar-refractivity contribution in [1.29, 1.82) is 0 Å². The maximum absolute atomic E-state index is 11.3. The van der Waals surface area contributed by atoms with E-state index in [1.165, 1.54) is 5.57 Å². The molecule has 1 aromatic carbocycles. The summed E-state index contributed by atoms with van der Waals surface area (Å²) in [7, 11) is 0. The van der Waals surface area contributed by atoms with Gasteiger partial charge in [0, 0.05) is 0 Å². The first-order valence-corrected chi connectivity index (χ1v) is 7.87. The second kappa shape index (κ2) is 6.28. The molecule has 1 rings (SSSR count). The highest BCUT2D eigenvalue weighted by Gasteiger charge is 2.23.